The Bertz CT molecular complexity index is 1190. The molecule has 0 saturated carbocycles. The molecule has 0 fully saturated rings. The topological polar surface area (TPSA) is 114 Å². The van der Waals surface area contributed by atoms with Gasteiger partial charge in [-0.3, -0.25) is 9.59 Å². The number of hydrogen-bond donors (Lipinski definition) is 2. The Morgan fingerprint density at radius 3 is 2.72 bits per heavy atom. The van der Waals surface area contributed by atoms with Crippen molar-refractivity contribution < 1.29 is 22.7 Å². The third kappa shape index (κ3) is 6.95. The first-order valence-corrected chi connectivity index (χ1v) is 13.0. The molecular formula is C21H23N3O5S3. The molecule has 0 spiro atoms. The Morgan fingerprint density at radius 2 is 1.97 bits per heavy atom. The Morgan fingerprint density at radius 1 is 1.16 bits per heavy atom. The average molecular weight is 494 g/mol. The number of anilines is 1. The lowest BCUT2D eigenvalue weighted by atomic mass is 10.1. The zero-order valence-electron chi connectivity index (χ0n) is 17.6. The number of nitrogens with zero attached hydrogens (tertiary/aromatic N) is 1. The Labute approximate surface area is 194 Å². The van der Waals surface area contributed by atoms with Crippen LogP contribution in [-0.2, 0) is 37.4 Å². The fourth-order valence-electron chi connectivity index (χ4n) is 2.70. The minimum atomic E-state index is -3.60. The van der Waals surface area contributed by atoms with Crippen LogP contribution >= 0.6 is 22.7 Å². The second kappa shape index (κ2) is 10.8. The molecule has 1 aromatic carbocycles. The average Bonchev–Trinajstić information content (AvgIpc) is 3.42. The van der Waals surface area contributed by atoms with Crippen LogP contribution in [0.25, 0.3) is 0 Å². The predicted molar refractivity (Wildman–Crippen MR) is 124 cm³/mol. The lowest BCUT2D eigenvalue weighted by molar-refractivity contribution is -0.144. The van der Waals surface area contributed by atoms with Crippen LogP contribution in [0, 0.1) is 13.8 Å². The highest BCUT2D eigenvalue weighted by Gasteiger charge is 2.16. The van der Waals surface area contributed by atoms with E-state index in [4.69, 9.17) is 4.74 Å². The van der Waals surface area contributed by atoms with Gasteiger partial charge in [0, 0.05) is 17.6 Å². The van der Waals surface area contributed by atoms with Crippen LogP contribution < -0.4 is 10.0 Å². The first kappa shape index (κ1) is 24.1. The third-order valence-electron chi connectivity index (χ3n) is 4.34. The number of rotatable bonds is 10. The van der Waals surface area contributed by atoms with Crippen LogP contribution in [0.1, 0.15) is 28.2 Å². The van der Waals surface area contributed by atoms with E-state index in [1.807, 2.05) is 32.0 Å². The number of thiophene rings is 1. The van der Waals surface area contributed by atoms with Gasteiger partial charge in [-0.2, -0.15) is 0 Å². The quantitative estimate of drug-likeness (QED) is 0.418. The number of carbonyl (C=O) groups excluding carboxylic acids is 2. The highest BCUT2D eigenvalue weighted by molar-refractivity contribution is 7.91. The number of aromatic nitrogens is 1. The number of ether oxygens (including phenoxy) is 1. The maximum Gasteiger partial charge on any atom is 0.307 e. The van der Waals surface area contributed by atoms with E-state index in [9.17, 15) is 18.0 Å². The minimum absolute atomic E-state index is 0.0361. The van der Waals surface area contributed by atoms with Gasteiger partial charge in [-0.05, 0) is 42.5 Å². The van der Waals surface area contributed by atoms with E-state index in [1.54, 1.807) is 16.8 Å². The summed E-state index contributed by atoms with van der Waals surface area (Å²) in [6.07, 6.45) is 0.0242. The van der Waals surface area contributed by atoms with Crippen LogP contribution in [0.5, 0.6) is 0 Å². The summed E-state index contributed by atoms with van der Waals surface area (Å²) in [4.78, 5) is 28.5. The van der Waals surface area contributed by atoms with Crippen molar-refractivity contribution in [3.05, 3.63) is 62.9 Å². The maximum atomic E-state index is 12.3. The molecule has 0 unspecified atom stereocenters. The molecule has 0 aliphatic rings. The molecule has 0 aliphatic carbocycles. The van der Waals surface area contributed by atoms with Crippen LogP contribution in [0.2, 0.25) is 0 Å². The zero-order chi connectivity index (χ0) is 23.1. The molecule has 0 atom stereocenters. The molecule has 2 heterocycles. The first-order chi connectivity index (χ1) is 15.2. The number of thiazole rings is 1. The van der Waals surface area contributed by atoms with Crippen molar-refractivity contribution >= 4 is 50.3 Å². The van der Waals surface area contributed by atoms with Crippen LogP contribution in [-0.4, -0.2) is 31.8 Å². The van der Waals surface area contributed by atoms with Crippen LogP contribution in [0.15, 0.2) is 45.3 Å². The van der Waals surface area contributed by atoms with Gasteiger partial charge in [-0.1, -0.05) is 18.2 Å². The van der Waals surface area contributed by atoms with E-state index in [0.717, 1.165) is 28.2 Å². The first-order valence-electron chi connectivity index (χ1n) is 9.72. The summed E-state index contributed by atoms with van der Waals surface area (Å²) in [7, 11) is -3.60. The normalized spacial score (nSPS) is 11.3. The largest absolute Gasteiger partial charge is 0.459 e. The summed E-state index contributed by atoms with van der Waals surface area (Å²) in [5.74, 6) is -0.712. The van der Waals surface area contributed by atoms with E-state index in [1.165, 1.54) is 17.4 Å². The van der Waals surface area contributed by atoms with E-state index in [0.29, 0.717) is 10.7 Å². The van der Waals surface area contributed by atoms with Gasteiger partial charge in [0.1, 0.15) is 15.8 Å². The molecule has 11 heteroatoms. The monoisotopic (exact) mass is 493 g/mol. The number of hydrogen-bond acceptors (Lipinski definition) is 8. The number of aryl methyl sites for hydroxylation is 2. The van der Waals surface area contributed by atoms with Crippen LogP contribution in [0.4, 0.5) is 5.69 Å². The molecule has 3 aromatic rings. The molecule has 32 heavy (non-hydrogen) atoms. The number of amides is 1. The van der Waals surface area contributed by atoms with Crippen molar-refractivity contribution in [3.63, 3.8) is 0 Å². The number of carbonyl (C=O) groups is 2. The predicted octanol–water partition coefficient (Wildman–Crippen LogP) is 3.41. The Kier molecular flexibility index (Phi) is 8.13. The van der Waals surface area contributed by atoms with Gasteiger partial charge in [0.15, 0.2) is 0 Å². The molecule has 170 valence electrons. The molecule has 2 aromatic heterocycles. The van der Waals surface area contributed by atoms with Gasteiger partial charge in [0.25, 0.3) is 0 Å². The van der Waals surface area contributed by atoms with Crippen molar-refractivity contribution in [3.8, 4) is 0 Å². The molecule has 2 N–H and O–H groups in total. The summed E-state index contributed by atoms with van der Waals surface area (Å²) in [6.45, 7) is 3.80. The van der Waals surface area contributed by atoms with E-state index < -0.39 is 16.0 Å². The maximum absolute atomic E-state index is 12.3. The summed E-state index contributed by atoms with van der Waals surface area (Å²) < 4.78 is 31.7. The molecule has 0 radical (unpaired) electrons. The molecule has 3 rings (SSSR count). The van der Waals surface area contributed by atoms with Crippen LogP contribution in [0.3, 0.4) is 0 Å². The zero-order valence-corrected chi connectivity index (χ0v) is 20.0. The summed E-state index contributed by atoms with van der Waals surface area (Å²) >= 11 is 2.42. The van der Waals surface area contributed by atoms with E-state index >= 15 is 0 Å². The van der Waals surface area contributed by atoms with Crippen molar-refractivity contribution in [1.82, 2.24) is 9.71 Å². The second-order valence-corrected chi connectivity index (χ2v) is 10.9. The minimum Gasteiger partial charge on any atom is -0.459 e. The summed E-state index contributed by atoms with van der Waals surface area (Å²) in [6, 6.07) is 8.99. The fourth-order valence-corrected chi connectivity index (χ4v) is 5.55. The lowest BCUT2D eigenvalue weighted by Crippen LogP contribution is -2.26. The van der Waals surface area contributed by atoms with Crippen molar-refractivity contribution in [2.24, 2.45) is 0 Å². The molecule has 1 amide bonds. The number of nitrogens with one attached hydrogen (secondary N) is 2. The third-order valence-corrected chi connectivity index (χ3v) is 8.10. The fraction of sp³-hybridized carbons (Fsp3) is 0.286. The SMILES string of the molecule is Cc1ccc(C)c(NC(=O)Cc2nc(COC(=O)CCNS(=O)(=O)c3cccs3)cs2)c1. The molecule has 0 bridgehead atoms. The van der Waals surface area contributed by atoms with Gasteiger partial charge in [0.2, 0.25) is 15.9 Å². The number of esters is 1. The molecular weight excluding hydrogens is 470 g/mol. The van der Waals surface area contributed by atoms with Gasteiger partial charge in [-0.15, -0.1) is 22.7 Å². The van der Waals surface area contributed by atoms with Gasteiger partial charge in [-0.25, -0.2) is 18.1 Å². The van der Waals surface area contributed by atoms with E-state index in [2.05, 4.69) is 15.0 Å². The summed E-state index contributed by atoms with van der Waals surface area (Å²) in [5, 5.41) is 6.90. The van der Waals surface area contributed by atoms with Crippen molar-refractivity contribution in [2.75, 3.05) is 11.9 Å². The Hall–Kier alpha value is -2.60. The Balaban J connectivity index is 1.41. The molecule has 0 saturated heterocycles. The number of sulfonamides is 1. The van der Waals surface area contributed by atoms with E-state index in [-0.39, 0.29) is 36.1 Å². The summed E-state index contributed by atoms with van der Waals surface area (Å²) in [5.41, 5.74) is 3.35. The highest BCUT2D eigenvalue weighted by Crippen LogP contribution is 2.18. The van der Waals surface area contributed by atoms with Gasteiger partial charge < -0.3 is 10.1 Å². The van der Waals surface area contributed by atoms with Gasteiger partial charge in [0.05, 0.1) is 18.5 Å². The second-order valence-electron chi connectivity index (χ2n) is 7.02. The van der Waals surface area contributed by atoms with Crippen molar-refractivity contribution in [2.45, 2.75) is 37.5 Å². The van der Waals surface area contributed by atoms with Gasteiger partial charge >= 0.3 is 5.97 Å². The smallest absolute Gasteiger partial charge is 0.307 e. The highest BCUT2D eigenvalue weighted by atomic mass is 32.2. The molecule has 0 aliphatic heterocycles. The standard InChI is InChI=1S/C21H23N3O5S3/c1-14-5-6-15(2)17(10-14)24-18(25)11-19-23-16(13-31-19)12-29-20(26)7-8-22-32(27,28)21-4-3-9-30-21/h3-6,9-10,13,22H,7-8,11-12H2,1-2H3,(H,24,25). The lowest BCUT2D eigenvalue weighted by Gasteiger charge is -2.08. The number of benzene rings is 1. The van der Waals surface area contributed by atoms with Crippen molar-refractivity contribution in [1.29, 1.82) is 0 Å². The molecule has 8 nitrogen and oxygen atoms in total.